The van der Waals surface area contributed by atoms with Gasteiger partial charge in [0.25, 0.3) is 5.91 Å². The summed E-state index contributed by atoms with van der Waals surface area (Å²) < 4.78 is 59.5. The maximum Gasteiger partial charge on any atom is 0.574 e. The van der Waals surface area contributed by atoms with E-state index in [1.54, 1.807) is 4.90 Å². The summed E-state index contributed by atoms with van der Waals surface area (Å²) in [6.07, 6.45) is -0.956. The fraction of sp³-hybridized carbons (Fsp3) is 0.435. The normalized spacial score (nSPS) is 20.4. The number of benzene rings is 1. The summed E-state index contributed by atoms with van der Waals surface area (Å²) in [4.78, 5) is 32.0. The van der Waals surface area contributed by atoms with Crippen molar-refractivity contribution >= 4 is 29.2 Å². The fourth-order valence-corrected chi connectivity index (χ4v) is 4.48. The van der Waals surface area contributed by atoms with Gasteiger partial charge in [-0.15, -0.1) is 13.2 Å². The Morgan fingerprint density at radius 1 is 1.14 bits per heavy atom. The maximum absolute atomic E-state index is 13.5. The Morgan fingerprint density at radius 3 is 2.53 bits per heavy atom. The molecule has 2 heterocycles. The zero-order chi connectivity index (χ0) is 25.9. The third-order valence-corrected chi connectivity index (χ3v) is 6.36. The molecule has 0 spiro atoms. The van der Waals surface area contributed by atoms with E-state index in [-0.39, 0.29) is 41.4 Å². The SMILES string of the molecule is O=C(COc1ccc(Cl)c(F)c1)NC1CCC(N2CCN(c3ccc(OC(F)(F)F)nc3)C2=O)CC1. The van der Waals surface area contributed by atoms with Crippen molar-refractivity contribution in [3.05, 3.63) is 47.4 Å². The number of carbonyl (C=O) groups excluding carboxylic acids is 2. The Balaban J connectivity index is 1.22. The van der Waals surface area contributed by atoms with E-state index in [1.807, 2.05) is 0 Å². The Bertz CT molecular complexity index is 1090. The summed E-state index contributed by atoms with van der Waals surface area (Å²) in [7, 11) is 0. The standard InChI is InChI=1S/C23H23ClF4N4O4/c24-18-7-6-17(11-19(18)25)35-13-20(33)30-14-1-3-15(4-2-14)31-9-10-32(22(31)34)16-5-8-21(29-12-16)36-23(26,27)28/h5-8,11-12,14-15H,1-4,9-10,13H2,(H,30,33). The van der Waals surface area contributed by atoms with Crippen LogP contribution in [-0.4, -0.2) is 60.0 Å². The molecule has 1 saturated carbocycles. The lowest BCUT2D eigenvalue weighted by molar-refractivity contribution is -0.276. The molecule has 4 rings (SSSR count). The maximum atomic E-state index is 13.5. The number of anilines is 1. The van der Waals surface area contributed by atoms with Crippen LogP contribution in [0, 0.1) is 5.82 Å². The molecule has 1 aromatic heterocycles. The molecule has 0 atom stereocenters. The van der Waals surface area contributed by atoms with Gasteiger partial charge >= 0.3 is 12.4 Å². The van der Waals surface area contributed by atoms with Crippen molar-refractivity contribution in [2.45, 2.75) is 44.1 Å². The van der Waals surface area contributed by atoms with Crippen molar-refractivity contribution in [2.75, 3.05) is 24.6 Å². The Hall–Kier alpha value is -3.28. The van der Waals surface area contributed by atoms with Gasteiger partial charge in [-0.1, -0.05) is 11.6 Å². The number of hydrogen-bond acceptors (Lipinski definition) is 5. The van der Waals surface area contributed by atoms with Crippen molar-refractivity contribution in [1.82, 2.24) is 15.2 Å². The Kier molecular flexibility index (Phi) is 7.72. The van der Waals surface area contributed by atoms with Crippen LogP contribution in [0.2, 0.25) is 5.02 Å². The number of amides is 3. The topological polar surface area (TPSA) is 84.0 Å². The highest BCUT2D eigenvalue weighted by Gasteiger charge is 2.37. The predicted molar refractivity (Wildman–Crippen MR) is 121 cm³/mol. The minimum atomic E-state index is -4.84. The number of rotatable bonds is 7. The van der Waals surface area contributed by atoms with Gasteiger partial charge in [-0.3, -0.25) is 9.69 Å². The van der Waals surface area contributed by atoms with Crippen LogP contribution in [0.25, 0.3) is 0 Å². The van der Waals surface area contributed by atoms with Gasteiger partial charge in [-0.2, -0.15) is 0 Å². The second-order valence-corrected chi connectivity index (χ2v) is 8.87. The van der Waals surface area contributed by atoms with Crippen LogP contribution in [0.3, 0.4) is 0 Å². The molecular weight excluding hydrogens is 508 g/mol. The van der Waals surface area contributed by atoms with Gasteiger partial charge in [-0.25, -0.2) is 14.2 Å². The number of pyridine rings is 1. The molecular formula is C23H23ClF4N4O4. The molecule has 8 nitrogen and oxygen atoms in total. The van der Waals surface area contributed by atoms with Gasteiger partial charge in [-0.05, 0) is 43.9 Å². The van der Waals surface area contributed by atoms with Crippen LogP contribution in [0.1, 0.15) is 25.7 Å². The summed E-state index contributed by atoms with van der Waals surface area (Å²) in [6.45, 7) is 0.605. The first-order chi connectivity index (χ1) is 17.1. The van der Waals surface area contributed by atoms with Crippen LogP contribution < -0.4 is 19.7 Å². The fourth-order valence-electron chi connectivity index (χ4n) is 4.36. The number of urea groups is 1. The molecule has 1 aliphatic carbocycles. The van der Waals surface area contributed by atoms with Crippen molar-refractivity contribution in [1.29, 1.82) is 0 Å². The molecule has 1 aliphatic heterocycles. The minimum Gasteiger partial charge on any atom is -0.484 e. The molecule has 2 fully saturated rings. The van der Waals surface area contributed by atoms with Gasteiger partial charge in [0.05, 0.1) is 16.9 Å². The van der Waals surface area contributed by atoms with Gasteiger partial charge in [0.15, 0.2) is 6.61 Å². The Morgan fingerprint density at radius 2 is 1.89 bits per heavy atom. The van der Waals surface area contributed by atoms with E-state index >= 15 is 0 Å². The monoisotopic (exact) mass is 530 g/mol. The van der Waals surface area contributed by atoms with E-state index in [9.17, 15) is 27.2 Å². The third kappa shape index (κ3) is 6.48. The molecule has 36 heavy (non-hydrogen) atoms. The highest BCUT2D eigenvalue weighted by molar-refractivity contribution is 6.30. The van der Waals surface area contributed by atoms with Gasteiger partial charge in [0.1, 0.15) is 11.6 Å². The Labute approximate surface area is 209 Å². The van der Waals surface area contributed by atoms with Crippen molar-refractivity contribution in [3.63, 3.8) is 0 Å². The zero-order valence-electron chi connectivity index (χ0n) is 18.9. The molecule has 0 bridgehead atoms. The van der Waals surface area contributed by atoms with E-state index in [0.717, 1.165) is 12.1 Å². The number of alkyl halides is 3. The van der Waals surface area contributed by atoms with Gasteiger partial charge < -0.3 is 19.7 Å². The molecule has 2 aromatic rings. The highest BCUT2D eigenvalue weighted by atomic mass is 35.5. The number of halogens is 5. The zero-order valence-corrected chi connectivity index (χ0v) is 19.7. The van der Waals surface area contributed by atoms with E-state index in [1.165, 1.54) is 29.3 Å². The van der Waals surface area contributed by atoms with E-state index in [0.29, 0.717) is 44.5 Å². The molecule has 0 radical (unpaired) electrons. The van der Waals surface area contributed by atoms with Crippen molar-refractivity contribution in [2.24, 2.45) is 0 Å². The molecule has 1 N–H and O–H groups in total. The average molecular weight is 531 g/mol. The quantitative estimate of drug-likeness (QED) is 0.532. The van der Waals surface area contributed by atoms with E-state index < -0.39 is 18.1 Å². The van der Waals surface area contributed by atoms with Gasteiger partial charge in [0, 0.05) is 37.3 Å². The van der Waals surface area contributed by atoms with Crippen LogP contribution in [0.4, 0.5) is 28.0 Å². The summed E-state index contributed by atoms with van der Waals surface area (Å²) in [5.41, 5.74) is 0.388. The molecule has 1 aromatic carbocycles. The van der Waals surface area contributed by atoms with Crippen LogP contribution >= 0.6 is 11.6 Å². The molecule has 13 heteroatoms. The lowest BCUT2D eigenvalue weighted by Crippen LogP contribution is -2.46. The van der Waals surface area contributed by atoms with Crippen LogP contribution in [-0.2, 0) is 4.79 Å². The predicted octanol–water partition coefficient (Wildman–Crippen LogP) is 4.52. The molecule has 194 valence electrons. The first-order valence-corrected chi connectivity index (χ1v) is 11.6. The number of aromatic nitrogens is 1. The third-order valence-electron chi connectivity index (χ3n) is 6.06. The number of carbonyl (C=O) groups is 2. The first-order valence-electron chi connectivity index (χ1n) is 11.3. The van der Waals surface area contributed by atoms with Crippen molar-refractivity contribution in [3.8, 4) is 11.6 Å². The second-order valence-electron chi connectivity index (χ2n) is 8.47. The average Bonchev–Trinajstić information content (AvgIpc) is 3.21. The number of nitrogens with one attached hydrogen (secondary N) is 1. The number of ether oxygens (including phenoxy) is 2. The molecule has 1 saturated heterocycles. The largest absolute Gasteiger partial charge is 0.574 e. The van der Waals surface area contributed by atoms with Crippen LogP contribution in [0.15, 0.2) is 36.5 Å². The van der Waals surface area contributed by atoms with Crippen molar-refractivity contribution < 1.29 is 36.6 Å². The number of nitrogens with zero attached hydrogens (tertiary/aromatic N) is 3. The number of hydrogen-bond donors (Lipinski definition) is 1. The smallest absolute Gasteiger partial charge is 0.484 e. The van der Waals surface area contributed by atoms with Crippen LogP contribution in [0.5, 0.6) is 11.6 Å². The lowest BCUT2D eigenvalue weighted by Gasteiger charge is -2.34. The highest BCUT2D eigenvalue weighted by Crippen LogP contribution is 2.29. The second kappa shape index (κ2) is 10.8. The summed E-state index contributed by atoms with van der Waals surface area (Å²) in [5.74, 6) is -1.36. The van der Waals surface area contributed by atoms with E-state index in [2.05, 4.69) is 15.0 Å². The lowest BCUT2D eigenvalue weighted by atomic mass is 9.90. The summed E-state index contributed by atoms with van der Waals surface area (Å²) in [5, 5.41) is 2.86. The molecule has 0 unspecified atom stereocenters. The summed E-state index contributed by atoms with van der Waals surface area (Å²) >= 11 is 5.63. The first kappa shape index (κ1) is 25.8. The molecule has 2 aliphatic rings. The molecule has 3 amide bonds. The minimum absolute atomic E-state index is 0.00950. The van der Waals surface area contributed by atoms with Gasteiger partial charge in [0.2, 0.25) is 5.88 Å². The summed E-state index contributed by atoms with van der Waals surface area (Å²) in [6, 6.07) is 6.04. The van der Waals surface area contributed by atoms with E-state index in [4.69, 9.17) is 16.3 Å².